The van der Waals surface area contributed by atoms with Gasteiger partial charge in [-0.25, -0.2) is 0 Å². The Hall–Kier alpha value is -2.34. The van der Waals surface area contributed by atoms with Crippen molar-refractivity contribution < 1.29 is 9.59 Å². The van der Waals surface area contributed by atoms with Crippen molar-refractivity contribution in [3.8, 4) is 11.3 Å². The molecule has 2 amide bonds. The second-order valence-electron chi connectivity index (χ2n) is 7.25. The highest BCUT2D eigenvalue weighted by atomic mass is 35.5. The van der Waals surface area contributed by atoms with Crippen LogP contribution in [0.1, 0.15) is 49.9 Å². The highest BCUT2D eigenvalue weighted by Crippen LogP contribution is 2.23. The minimum atomic E-state index is -0.150. The first-order valence-electron chi connectivity index (χ1n) is 9.92. The molecule has 0 unspecified atom stereocenters. The number of carbonyl (C=O) groups is 2. The van der Waals surface area contributed by atoms with Gasteiger partial charge in [-0.1, -0.05) is 37.6 Å². The van der Waals surface area contributed by atoms with Crippen LogP contribution in [0.3, 0.4) is 0 Å². The Morgan fingerprint density at radius 1 is 1.21 bits per heavy atom. The molecule has 1 fully saturated rings. The number of likely N-dealkylation sites (tertiary alicyclic amines) is 1. The van der Waals surface area contributed by atoms with Gasteiger partial charge in [-0.3, -0.25) is 14.7 Å². The number of nitrogens with zero attached hydrogens (tertiary/aromatic N) is 2. The maximum atomic E-state index is 12.8. The molecule has 1 aliphatic heterocycles. The van der Waals surface area contributed by atoms with E-state index in [0.29, 0.717) is 29.4 Å². The van der Waals surface area contributed by atoms with E-state index < -0.39 is 0 Å². The number of halogens is 1. The van der Waals surface area contributed by atoms with Gasteiger partial charge in [0.15, 0.2) is 0 Å². The Morgan fingerprint density at radius 2 is 1.86 bits per heavy atom. The van der Waals surface area contributed by atoms with Gasteiger partial charge >= 0.3 is 0 Å². The van der Waals surface area contributed by atoms with Crippen LogP contribution in [0.2, 0.25) is 5.02 Å². The lowest BCUT2D eigenvalue weighted by molar-refractivity contribution is -0.136. The molecule has 7 heteroatoms. The van der Waals surface area contributed by atoms with Crippen LogP contribution < -0.4 is 5.32 Å². The maximum Gasteiger partial charge on any atom is 0.255 e. The van der Waals surface area contributed by atoms with Crippen LogP contribution in [0.15, 0.2) is 30.5 Å². The molecule has 0 atom stereocenters. The first-order valence-corrected chi connectivity index (χ1v) is 10.3. The minimum absolute atomic E-state index is 0.0613. The van der Waals surface area contributed by atoms with Crippen molar-refractivity contribution in [2.45, 2.75) is 45.6 Å². The number of hydrogen-bond acceptors (Lipinski definition) is 3. The summed E-state index contributed by atoms with van der Waals surface area (Å²) < 4.78 is 0. The molecule has 2 aromatic rings. The number of hydrogen-bond donors (Lipinski definition) is 2. The largest absolute Gasteiger partial charge is 0.349 e. The van der Waals surface area contributed by atoms with Crippen LogP contribution >= 0.6 is 11.6 Å². The summed E-state index contributed by atoms with van der Waals surface area (Å²) in [6, 6.07) is 7.34. The zero-order valence-corrected chi connectivity index (χ0v) is 17.1. The Morgan fingerprint density at radius 3 is 2.46 bits per heavy atom. The topological polar surface area (TPSA) is 78.1 Å². The number of aromatic nitrogens is 2. The second-order valence-corrected chi connectivity index (χ2v) is 7.69. The third-order valence-electron chi connectivity index (χ3n) is 5.49. The SMILES string of the molecule is CCC(CC)C(=O)N1CCC(NC(=O)c2cn[nH]c2-c2ccc(Cl)cc2)CC1. The Balaban J connectivity index is 1.59. The summed E-state index contributed by atoms with van der Waals surface area (Å²) in [5.41, 5.74) is 2.05. The zero-order valence-electron chi connectivity index (χ0n) is 16.4. The van der Waals surface area contributed by atoms with E-state index in [4.69, 9.17) is 11.6 Å². The van der Waals surface area contributed by atoms with Crippen LogP contribution in [0.5, 0.6) is 0 Å². The van der Waals surface area contributed by atoms with E-state index in [0.717, 1.165) is 31.2 Å². The van der Waals surface area contributed by atoms with E-state index >= 15 is 0 Å². The van der Waals surface area contributed by atoms with E-state index in [9.17, 15) is 9.59 Å². The molecule has 28 heavy (non-hydrogen) atoms. The van der Waals surface area contributed by atoms with Crippen molar-refractivity contribution in [1.82, 2.24) is 20.4 Å². The molecule has 0 radical (unpaired) electrons. The fraction of sp³-hybridized carbons (Fsp3) is 0.476. The molecule has 1 aromatic carbocycles. The molecule has 0 saturated carbocycles. The summed E-state index contributed by atoms with van der Waals surface area (Å²) in [5, 5.41) is 10.7. The van der Waals surface area contributed by atoms with Crippen LogP contribution in [-0.2, 0) is 4.79 Å². The van der Waals surface area contributed by atoms with E-state index in [1.807, 2.05) is 17.0 Å². The minimum Gasteiger partial charge on any atom is -0.349 e. The van der Waals surface area contributed by atoms with Crippen molar-refractivity contribution in [2.75, 3.05) is 13.1 Å². The third kappa shape index (κ3) is 4.55. The zero-order chi connectivity index (χ0) is 20.1. The van der Waals surface area contributed by atoms with Gasteiger partial charge < -0.3 is 10.2 Å². The molecule has 2 N–H and O–H groups in total. The van der Waals surface area contributed by atoms with Gasteiger partial charge in [-0.15, -0.1) is 0 Å². The van der Waals surface area contributed by atoms with Gasteiger partial charge in [0.05, 0.1) is 17.5 Å². The normalized spacial score (nSPS) is 15.1. The molecule has 0 aliphatic carbocycles. The lowest BCUT2D eigenvalue weighted by atomic mass is 9.98. The monoisotopic (exact) mass is 402 g/mol. The van der Waals surface area contributed by atoms with Crippen molar-refractivity contribution in [3.05, 3.63) is 41.0 Å². The van der Waals surface area contributed by atoms with Gasteiger partial charge in [-0.2, -0.15) is 5.10 Å². The molecule has 1 aromatic heterocycles. The number of carbonyl (C=O) groups excluding carboxylic acids is 2. The number of piperidine rings is 1. The third-order valence-corrected chi connectivity index (χ3v) is 5.75. The first-order chi connectivity index (χ1) is 13.5. The van der Waals surface area contributed by atoms with Crippen LogP contribution in [-0.4, -0.2) is 46.0 Å². The van der Waals surface area contributed by atoms with Gasteiger partial charge in [0.25, 0.3) is 5.91 Å². The molecule has 2 heterocycles. The standard InChI is InChI=1S/C21H27ClN4O2/c1-3-14(4-2)21(28)26-11-9-17(10-12-26)24-20(27)18-13-23-25-19(18)15-5-7-16(22)8-6-15/h5-8,13-14,17H,3-4,9-12H2,1-2H3,(H,23,25)(H,24,27). The molecule has 6 nitrogen and oxygen atoms in total. The van der Waals surface area contributed by atoms with Crippen LogP contribution in [0, 0.1) is 5.92 Å². The van der Waals surface area contributed by atoms with Crippen molar-refractivity contribution in [1.29, 1.82) is 0 Å². The van der Waals surface area contributed by atoms with E-state index in [1.54, 1.807) is 18.3 Å². The van der Waals surface area contributed by atoms with Crippen molar-refractivity contribution in [2.24, 2.45) is 5.92 Å². The smallest absolute Gasteiger partial charge is 0.255 e. The summed E-state index contributed by atoms with van der Waals surface area (Å²) in [4.78, 5) is 27.2. The average molecular weight is 403 g/mol. The lowest BCUT2D eigenvalue weighted by Gasteiger charge is -2.34. The van der Waals surface area contributed by atoms with Gasteiger partial charge in [0.2, 0.25) is 5.91 Å². The molecule has 150 valence electrons. The Labute approximate surface area is 170 Å². The molecule has 1 saturated heterocycles. The number of H-pyrrole nitrogens is 1. The van der Waals surface area contributed by atoms with Gasteiger partial charge in [0.1, 0.15) is 0 Å². The molecule has 0 spiro atoms. The number of rotatable bonds is 6. The lowest BCUT2D eigenvalue weighted by Crippen LogP contribution is -2.48. The molecule has 3 rings (SSSR count). The summed E-state index contributed by atoms with van der Waals surface area (Å²) in [5.74, 6) is 0.206. The second kappa shape index (κ2) is 9.24. The quantitative estimate of drug-likeness (QED) is 0.769. The maximum absolute atomic E-state index is 12.8. The number of nitrogens with one attached hydrogen (secondary N) is 2. The molecule has 0 bridgehead atoms. The number of aromatic amines is 1. The van der Waals surface area contributed by atoms with Crippen molar-refractivity contribution >= 4 is 23.4 Å². The van der Waals surface area contributed by atoms with Crippen LogP contribution in [0.25, 0.3) is 11.3 Å². The number of amides is 2. The first kappa shape index (κ1) is 20.4. The summed E-state index contributed by atoms with van der Waals surface area (Å²) >= 11 is 5.94. The molecular formula is C21H27ClN4O2. The van der Waals surface area contributed by atoms with E-state index in [1.165, 1.54) is 0 Å². The Bertz CT molecular complexity index is 806. The predicted octanol–water partition coefficient (Wildman–Crippen LogP) is 3.89. The number of benzene rings is 1. The van der Waals surface area contributed by atoms with Gasteiger partial charge in [-0.05, 0) is 37.8 Å². The van der Waals surface area contributed by atoms with Crippen LogP contribution in [0.4, 0.5) is 0 Å². The van der Waals surface area contributed by atoms with Crippen molar-refractivity contribution in [3.63, 3.8) is 0 Å². The van der Waals surface area contributed by atoms with E-state index in [-0.39, 0.29) is 23.8 Å². The van der Waals surface area contributed by atoms with E-state index in [2.05, 4.69) is 29.4 Å². The molecular weight excluding hydrogens is 376 g/mol. The molecule has 1 aliphatic rings. The fourth-order valence-corrected chi connectivity index (χ4v) is 3.82. The highest BCUT2D eigenvalue weighted by molar-refractivity contribution is 6.30. The average Bonchev–Trinajstić information content (AvgIpc) is 3.20. The fourth-order valence-electron chi connectivity index (χ4n) is 3.70. The summed E-state index contributed by atoms with van der Waals surface area (Å²) in [7, 11) is 0. The highest BCUT2D eigenvalue weighted by Gasteiger charge is 2.28. The Kier molecular flexibility index (Phi) is 6.73. The summed E-state index contributed by atoms with van der Waals surface area (Å²) in [6.45, 7) is 5.50. The van der Waals surface area contributed by atoms with Gasteiger partial charge in [0, 0.05) is 35.6 Å². The summed E-state index contributed by atoms with van der Waals surface area (Å²) in [6.07, 6.45) is 4.84. The predicted molar refractivity (Wildman–Crippen MR) is 110 cm³/mol.